The van der Waals surface area contributed by atoms with Crippen molar-refractivity contribution in [1.29, 1.82) is 5.26 Å². The van der Waals surface area contributed by atoms with E-state index in [2.05, 4.69) is 16.0 Å². The largest absolute Gasteiger partial charge is 0.372 e. The summed E-state index contributed by atoms with van der Waals surface area (Å²) in [5, 5.41) is 10.0. The number of hydrogen-bond donors (Lipinski definition) is 0. The van der Waals surface area contributed by atoms with Crippen molar-refractivity contribution in [3.63, 3.8) is 0 Å². The van der Waals surface area contributed by atoms with Gasteiger partial charge in [-0.1, -0.05) is 18.2 Å². The average molecular weight is 441 g/mol. The molecule has 1 aromatic carbocycles. The molecular formula is C25H24N6O2. The van der Waals surface area contributed by atoms with Crippen molar-refractivity contribution in [2.45, 2.75) is 26.1 Å². The summed E-state index contributed by atoms with van der Waals surface area (Å²) >= 11 is 0. The van der Waals surface area contributed by atoms with Gasteiger partial charge in [0.2, 0.25) is 0 Å². The van der Waals surface area contributed by atoms with Crippen LogP contribution in [0.2, 0.25) is 0 Å². The predicted molar refractivity (Wildman–Crippen MR) is 128 cm³/mol. The Hall–Kier alpha value is -3.96. The first-order valence-corrected chi connectivity index (χ1v) is 10.9. The van der Waals surface area contributed by atoms with E-state index in [1.54, 1.807) is 18.3 Å². The van der Waals surface area contributed by atoms with Crippen LogP contribution in [-0.4, -0.2) is 44.2 Å². The molecule has 8 nitrogen and oxygen atoms in total. The maximum Gasteiger partial charge on any atom is 0.267 e. The van der Waals surface area contributed by atoms with E-state index in [0.29, 0.717) is 41.5 Å². The number of imidazole rings is 1. The Balaban J connectivity index is 1.74. The highest BCUT2D eigenvalue weighted by atomic mass is 16.5. The fraction of sp³-hybridized carbons (Fsp3) is 0.280. The Kier molecular flexibility index (Phi) is 5.19. The van der Waals surface area contributed by atoms with Gasteiger partial charge >= 0.3 is 0 Å². The molecule has 2 atom stereocenters. The van der Waals surface area contributed by atoms with Gasteiger partial charge in [-0.15, -0.1) is 0 Å². The molecule has 0 aliphatic carbocycles. The van der Waals surface area contributed by atoms with Crippen LogP contribution in [0.3, 0.4) is 0 Å². The Morgan fingerprint density at radius 3 is 2.58 bits per heavy atom. The predicted octanol–water partition coefficient (Wildman–Crippen LogP) is 3.26. The number of morpholine rings is 1. The molecule has 8 heteroatoms. The van der Waals surface area contributed by atoms with E-state index in [1.807, 2.05) is 61.9 Å². The van der Waals surface area contributed by atoms with E-state index in [0.717, 1.165) is 11.0 Å². The number of nitriles is 1. The molecule has 0 bridgehead atoms. The van der Waals surface area contributed by atoms with Crippen molar-refractivity contribution in [2.24, 2.45) is 7.05 Å². The van der Waals surface area contributed by atoms with Crippen LogP contribution in [0, 0.1) is 11.3 Å². The van der Waals surface area contributed by atoms with E-state index in [1.165, 1.54) is 4.40 Å². The second-order valence-corrected chi connectivity index (χ2v) is 8.40. The van der Waals surface area contributed by atoms with E-state index in [4.69, 9.17) is 9.72 Å². The number of aryl methyl sites for hydroxylation is 1. The number of para-hydroxylation sites is 2. The number of pyridine rings is 1. The molecule has 1 fully saturated rings. The van der Waals surface area contributed by atoms with Gasteiger partial charge in [0.25, 0.3) is 5.56 Å². The number of nitrogens with zero attached hydrogens (tertiary/aromatic N) is 6. The molecule has 0 unspecified atom stereocenters. The SMILES string of the molecule is C[C@H]1CN(c2nc3ccccn3c(=O)c2/C=C(\C#N)c2nc3ccccc3n2C)C[C@H](C)O1. The number of ether oxygens (including phenoxy) is 1. The Morgan fingerprint density at radius 1 is 1.12 bits per heavy atom. The summed E-state index contributed by atoms with van der Waals surface area (Å²) in [6.07, 6.45) is 3.31. The quantitative estimate of drug-likeness (QED) is 0.455. The molecule has 1 aliphatic rings. The third kappa shape index (κ3) is 3.66. The fourth-order valence-electron chi connectivity index (χ4n) is 4.49. The minimum Gasteiger partial charge on any atom is -0.372 e. The molecule has 0 amide bonds. The minimum atomic E-state index is -0.228. The van der Waals surface area contributed by atoms with E-state index < -0.39 is 0 Å². The van der Waals surface area contributed by atoms with Gasteiger partial charge in [0, 0.05) is 26.3 Å². The zero-order chi connectivity index (χ0) is 23.1. The molecular weight excluding hydrogens is 416 g/mol. The van der Waals surface area contributed by atoms with Crippen molar-refractivity contribution >= 4 is 34.1 Å². The second-order valence-electron chi connectivity index (χ2n) is 8.40. The van der Waals surface area contributed by atoms with E-state index in [-0.39, 0.29) is 17.8 Å². The summed E-state index contributed by atoms with van der Waals surface area (Å²) in [7, 11) is 1.87. The monoisotopic (exact) mass is 440 g/mol. The van der Waals surface area contributed by atoms with Crippen LogP contribution in [0.25, 0.3) is 28.3 Å². The van der Waals surface area contributed by atoms with Crippen LogP contribution in [0.1, 0.15) is 25.2 Å². The molecule has 1 aliphatic heterocycles. The molecule has 166 valence electrons. The van der Waals surface area contributed by atoms with E-state index >= 15 is 0 Å². The summed E-state index contributed by atoms with van der Waals surface area (Å²) < 4.78 is 9.26. The van der Waals surface area contributed by atoms with Crippen LogP contribution in [0.15, 0.2) is 53.5 Å². The number of allylic oxidation sites excluding steroid dienone is 1. The third-order valence-corrected chi connectivity index (χ3v) is 5.91. The van der Waals surface area contributed by atoms with Crippen LogP contribution in [-0.2, 0) is 11.8 Å². The zero-order valence-electron chi connectivity index (χ0n) is 18.8. The maximum absolute atomic E-state index is 13.6. The van der Waals surface area contributed by atoms with Crippen molar-refractivity contribution in [3.05, 3.63) is 70.4 Å². The maximum atomic E-state index is 13.6. The Morgan fingerprint density at radius 2 is 1.85 bits per heavy atom. The zero-order valence-corrected chi connectivity index (χ0v) is 18.8. The fourth-order valence-corrected chi connectivity index (χ4v) is 4.49. The normalized spacial score (nSPS) is 19.2. The average Bonchev–Trinajstić information content (AvgIpc) is 3.14. The first-order valence-electron chi connectivity index (χ1n) is 10.9. The number of hydrogen-bond acceptors (Lipinski definition) is 6. The molecule has 0 N–H and O–H groups in total. The lowest BCUT2D eigenvalue weighted by molar-refractivity contribution is -0.00546. The van der Waals surface area contributed by atoms with Crippen molar-refractivity contribution in [3.8, 4) is 6.07 Å². The van der Waals surface area contributed by atoms with Gasteiger partial charge in [-0.3, -0.25) is 9.20 Å². The molecule has 3 aromatic heterocycles. The van der Waals surface area contributed by atoms with Gasteiger partial charge in [0.1, 0.15) is 17.5 Å². The van der Waals surface area contributed by atoms with Gasteiger partial charge in [-0.05, 0) is 44.2 Å². The van der Waals surface area contributed by atoms with Gasteiger partial charge in [-0.25, -0.2) is 9.97 Å². The van der Waals surface area contributed by atoms with Gasteiger partial charge in [0.15, 0.2) is 5.82 Å². The smallest absolute Gasteiger partial charge is 0.267 e. The molecule has 4 heterocycles. The lowest BCUT2D eigenvalue weighted by Gasteiger charge is -2.36. The number of aromatic nitrogens is 4. The molecule has 1 saturated heterocycles. The number of rotatable bonds is 3. The summed E-state index contributed by atoms with van der Waals surface area (Å²) in [4.78, 5) is 25.1. The molecule has 5 rings (SSSR count). The number of anilines is 1. The molecule has 0 saturated carbocycles. The van der Waals surface area contributed by atoms with Gasteiger partial charge < -0.3 is 14.2 Å². The van der Waals surface area contributed by atoms with Crippen LogP contribution in [0.5, 0.6) is 0 Å². The summed E-state index contributed by atoms with van der Waals surface area (Å²) in [5.41, 5.74) is 2.71. The summed E-state index contributed by atoms with van der Waals surface area (Å²) in [6, 6.07) is 15.4. The van der Waals surface area contributed by atoms with Crippen molar-refractivity contribution in [1.82, 2.24) is 18.9 Å². The molecule has 33 heavy (non-hydrogen) atoms. The Labute approximate surface area is 191 Å². The minimum absolute atomic E-state index is 0.00289. The topological polar surface area (TPSA) is 88.5 Å². The summed E-state index contributed by atoms with van der Waals surface area (Å²) in [6.45, 7) is 5.22. The van der Waals surface area contributed by atoms with Crippen molar-refractivity contribution < 1.29 is 4.74 Å². The van der Waals surface area contributed by atoms with Crippen molar-refractivity contribution in [2.75, 3.05) is 18.0 Å². The molecule has 0 spiro atoms. The Bertz CT molecular complexity index is 1480. The van der Waals surface area contributed by atoms with Crippen LogP contribution < -0.4 is 10.5 Å². The number of benzene rings is 1. The lowest BCUT2D eigenvalue weighted by atomic mass is 10.1. The standard InChI is InChI=1S/C25H24N6O2/c1-16-14-30(15-17(2)33-16)24-19(25(32)31-11-7-6-10-22(31)28-24)12-18(13-26)23-27-20-8-4-5-9-21(20)29(23)3/h4-12,16-17H,14-15H2,1-3H3/b18-12+/t16-,17-/m0/s1. The highest BCUT2D eigenvalue weighted by Crippen LogP contribution is 2.26. The van der Waals surface area contributed by atoms with Gasteiger partial charge in [-0.2, -0.15) is 5.26 Å². The lowest BCUT2D eigenvalue weighted by Crippen LogP contribution is -2.46. The first kappa shape index (κ1) is 20.9. The molecule has 4 aromatic rings. The first-order chi connectivity index (χ1) is 16.0. The third-order valence-electron chi connectivity index (χ3n) is 5.91. The molecule has 0 radical (unpaired) electrons. The second kappa shape index (κ2) is 8.19. The van der Waals surface area contributed by atoms with Gasteiger partial charge in [0.05, 0.1) is 34.4 Å². The highest BCUT2D eigenvalue weighted by molar-refractivity contribution is 5.92. The highest BCUT2D eigenvalue weighted by Gasteiger charge is 2.27. The summed E-state index contributed by atoms with van der Waals surface area (Å²) in [5.74, 6) is 1.06. The number of fused-ring (bicyclic) bond motifs is 2. The van der Waals surface area contributed by atoms with Crippen LogP contribution in [0.4, 0.5) is 5.82 Å². The van der Waals surface area contributed by atoms with Crippen LogP contribution >= 0.6 is 0 Å². The van der Waals surface area contributed by atoms with E-state index in [9.17, 15) is 10.1 Å².